The molecular formula is C24H24Cl2O5S. The topological polar surface area (TPSA) is 61.8 Å². The van der Waals surface area contributed by atoms with Gasteiger partial charge in [-0.1, -0.05) is 48.0 Å². The lowest BCUT2D eigenvalue weighted by Gasteiger charge is -2.21. The number of thiophene rings is 1. The van der Waals surface area contributed by atoms with E-state index in [0.717, 1.165) is 11.3 Å². The third-order valence-corrected chi connectivity index (χ3v) is 6.27. The first-order valence-electron chi connectivity index (χ1n) is 9.78. The van der Waals surface area contributed by atoms with Gasteiger partial charge in [0.15, 0.2) is 17.8 Å². The average Bonchev–Trinajstić information content (AvgIpc) is 3.30. The second-order valence-corrected chi connectivity index (χ2v) is 8.36. The van der Waals surface area contributed by atoms with Gasteiger partial charge in [-0.2, -0.15) is 0 Å². The molecule has 0 aliphatic carbocycles. The SMILES string of the molecule is C=C/C(Cl)=C(CC(OC(=O)c1ccc(C=O)s1)c1ccc(OC)c(OCC)c1)\C(Cl)=C/C. The maximum Gasteiger partial charge on any atom is 0.348 e. The molecule has 0 spiro atoms. The largest absolute Gasteiger partial charge is 0.493 e. The van der Waals surface area contributed by atoms with Crippen molar-refractivity contribution in [1.29, 1.82) is 0 Å². The zero-order valence-corrected chi connectivity index (χ0v) is 20.4. The standard InChI is InChI=1S/C24H24Cl2O5S/c1-5-18(25)17(19(26)6-2)13-21(31-24(28)23-11-9-16(14-27)32-23)15-8-10-20(29-4)22(12-15)30-7-3/h5-6,8-12,14,21H,1,7,13H2,2-4H3/b18-17+,19-6+. The highest BCUT2D eigenvalue weighted by Gasteiger charge is 2.24. The van der Waals surface area contributed by atoms with Gasteiger partial charge in [-0.25, -0.2) is 4.79 Å². The molecule has 1 aromatic carbocycles. The molecule has 0 radical (unpaired) electrons. The predicted octanol–water partition coefficient (Wildman–Crippen LogP) is 7.08. The van der Waals surface area contributed by atoms with Crippen molar-refractivity contribution in [2.24, 2.45) is 0 Å². The maximum atomic E-state index is 12.9. The van der Waals surface area contributed by atoms with Crippen LogP contribution in [0.25, 0.3) is 0 Å². The molecular weight excluding hydrogens is 471 g/mol. The van der Waals surface area contributed by atoms with Gasteiger partial charge < -0.3 is 14.2 Å². The third-order valence-electron chi connectivity index (χ3n) is 4.45. The molecule has 0 bridgehead atoms. The lowest BCUT2D eigenvalue weighted by Crippen LogP contribution is -2.13. The number of benzene rings is 1. The van der Waals surface area contributed by atoms with Crippen LogP contribution in [0, 0.1) is 0 Å². The molecule has 1 atom stereocenters. The second-order valence-electron chi connectivity index (χ2n) is 6.43. The van der Waals surface area contributed by atoms with Crippen molar-refractivity contribution < 1.29 is 23.8 Å². The number of esters is 1. The van der Waals surface area contributed by atoms with Gasteiger partial charge in [0.05, 0.1) is 18.6 Å². The number of allylic oxidation sites excluding steroid dienone is 4. The van der Waals surface area contributed by atoms with Crippen LogP contribution in [0.3, 0.4) is 0 Å². The lowest BCUT2D eigenvalue weighted by molar-refractivity contribution is 0.0304. The Labute approximate surface area is 201 Å². The minimum absolute atomic E-state index is 0.198. The van der Waals surface area contributed by atoms with Crippen LogP contribution in [0.1, 0.15) is 51.3 Å². The Balaban J connectivity index is 2.50. The molecule has 32 heavy (non-hydrogen) atoms. The predicted molar refractivity (Wildman–Crippen MR) is 129 cm³/mol. The maximum absolute atomic E-state index is 12.9. The summed E-state index contributed by atoms with van der Waals surface area (Å²) in [5.41, 5.74) is 1.25. The molecule has 1 heterocycles. The molecule has 8 heteroatoms. The molecule has 0 aliphatic heterocycles. The fourth-order valence-electron chi connectivity index (χ4n) is 2.89. The Morgan fingerprint density at radius 1 is 1.22 bits per heavy atom. The van der Waals surface area contributed by atoms with E-state index in [1.807, 2.05) is 6.92 Å². The zero-order valence-electron chi connectivity index (χ0n) is 18.0. The molecule has 0 fully saturated rings. The van der Waals surface area contributed by atoms with E-state index in [-0.39, 0.29) is 6.42 Å². The number of carbonyl (C=O) groups is 2. The van der Waals surface area contributed by atoms with Crippen molar-refractivity contribution in [3.8, 4) is 11.5 Å². The number of carbonyl (C=O) groups excluding carboxylic acids is 2. The number of hydrogen-bond donors (Lipinski definition) is 0. The molecule has 0 saturated carbocycles. The first kappa shape index (κ1) is 25.7. The minimum Gasteiger partial charge on any atom is -0.493 e. The van der Waals surface area contributed by atoms with Crippen LogP contribution in [0.4, 0.5) is 0 Å². The molecule has 0 amide bonds. The van der Waals surface area contributed by atoms with E-state index in [9.17, 15) is 9.59 Å². The van der Waals surface area contributed by atoms with Gasteiger partial charge in [-0.05, 0) is 49.2 Å². The van der Waals surface area contributed by atoms with Crippen LogP contribution in [-0.4, -0.2) is 26.0 Å². The highest BCUT2D eigenvalue weighted by atomic mass is 35.5. The smallest absolute Gasteiger partial charge is 0.348 e. The summed E-state index contributed by atoms with van der Waals surface area (Å²) < 4.78 is 16.9. The van der Waals surface area contributed by atoms with Gasteiger partial charge in [-0.15, -0.1) is 11.3 Å². The zero-order chi connectivity index (χ0) is 23.7. The average molecular weight is 495 g/mol. The number of rotatable bonds is 11. The summed E-state index contributed by atoms with van der Waals surface area (Å²) in [4.78, 5) is 24.6. The highest BCUT2D eigenvalue weighted by molar-refractivity contribution is 7.15. The summed E-state index contributed by atoms with van der Waals surface area (Å²) in [5.74, 6) is 0.513. The van der Waals surface area contributed by atoms with Crippen LogP contribution in [0.15, 0.2) is 64.7 Å². The van der Waals surface area contributed by atoms with Gasteiger partial charge in [0.1, 0.15) is 11.0 Å². The first-order chi connectivity index (χ1) is 15.4. The van der Waals surface area contributed by atoms with Crippen molar-refractivity contribution >= 4 is 46.8 Å². The van der Waals surface area contributed by atoms with Gasteiger partial charge in [0, 0.05) is 16.5 Å². The van der Waals surface area contributed by atoms with Gasteiger partial charge >= 0.3 is 5.97 Å². The molecule has 0 aliphatic rings. The fraction of sp³-hybridized carbons (Fsp3) is 0.250. The van der Waals surface area contributed by atoms with Gasteiger partial charge in [0.25, 0.3) is 0 Å². The van der Waals surface area contributed by atoms with Crippen LogP contribution < -0.4 is 9.47 Å². The Hall–Kier alpha value is -2.54. The Bertz CT molecular complexity index is 1040. The van der Waals surface area contributed by atoms with Crippen LogP contribution in [0.2, 0.25) is 0 Å². The number of ether oxygens (including phenoxy) is 3. The summed E-state index contributed by atoms with van der Waals surface area (Å²) in [7, 11) is 1.55. The van der Waals surface area contributed by atoms with E-state index in [1.54, 1.807) is 50.4 Å². The number of aldehydes is 1. The van der Waals surface area contributed by atoms with E-state index in [0.29, 0.717) is 55.3 Å². The van der Waals surface area contributed by atoms with Gasteiger partial charge in [0.2, 0.25) is 0 Å². The van der Waals surface area contributed by atoms with E-state index in [4.69, 9.17) is 37.4 Å². The van der Waals surface area contributed by atoms with Crippen molar-refractivity contribution in [3.05, 3.63) is 80.0 Å². The molecule has 170 valence electrons. The summed E-state index contributed by atoms with van der Waals surface area (Å²) >= 11 is 13.8. The number of hydrogen-bond acceptors (Lipinski definition) is 6. The molecule has 1 unspecified atom stereocenters. The number of halogens is 2. The van der Waals surface area contributed by atoms with Crippen molar-refractivity contribution in [2.45, 2.75) is 26.4 Å². The third kappa shape index (κ3) is 6.48. The molecule has 5 nitrogen and oxygen atoms in total. The quantitative estimate of drug-likeness (QED) is 0.189. The molecule has 2 rings (SSSR count). The monoisotopic (exact) mass is 494 g/mol. The van der Waals surface area contributed by atoms with Crippen LogP contribution >= 0.6 is 34.5 Å². The lowest BCUT2D eigenvalue weighted by atomic mass is 9.99. The van der Waals surface area contributed by atoms with Crippen LogP contribution in [0.5, 0.6) is 11.5 Å². The van der Waals surface area contributed by atoms with E-state index in [2.05, 4.69) is 6.58 Å². The summed E-state index contributed by atoms with van der Waals surface area (Å²) in [6.07, 6.45) is 3.33. The second kappa shape index (κ2) is 12.5. The Morgan fingerprint density at radius 2 is 1.97 bits per heavy atom. The van der Waals surface area contributed by atoms with Crippen molar-refractivity contribution in [3.63, 3.8) is 0 Å². The van der Waals surface area contributed by atoms with Crippen molar-refractivity contribution in [2.75, 3.05) is 13.7 Å². The first-order valence-corrected chi connectivity index (χ1v) is 11.4. The van der Waals surface area contributed by atoms with Crippen LogP contribution in [-0.2, 0) is 4.74 Å². The Kier molecular flexibility index (Phi) is 10.0. The highest BCUT2D eigenvalue weighted by Crippen LogP contribution is 2.38. The summed E-state index contributed by atoms with van der Waals surface area (Å²) in [6, 6.07) is 8.41. The van der Waals surface area contributed by atoms with E-state index >= 15 is 0 Å². The summed E-state index contributed by atoms with van der Waals surface area (Å²) in [6.45, 7) is 7.79. The fourth-order valence-corrected chi connectivity index (χ4v) is 4.01. The molecule has 0 N–H and O–H groups in total. The molecule has 2 aromatic rings. The Morgan fingerprint density at radius 3 is 2.53 bits per heavy atom. The van der Waals surface area contributed by atoms with Crippen molar-refractivity contribution in [1.82, 2.24) is 0 Å². The number of methoxy groups -OCH3 is 1. The van der Waals surface area contributed by atoms with E-state index < -0.39 is 12.1 Å². The summed E-state index contributed by atoms with van der Waals surface area (Å²) in [5, 5.41) is 0.779. The normalized spacial score (nSPS) is 13.1. The van der Waals surface area contributed by atoms with Gasteiger partial charge in [-0.3, -0.25) is 4.79 Å². The van der Waals surface area contributed by atoms with E-state index in [1.165, 1.54) is 6.08 Å². The minimum atomic E-state index is -0.744. The molecule has 0 saturated heterocycles. The molecule has 1 aromatic heterocycles.